The molecule has 0 aliphatic carbocycles. The third kappa shape index (κ3) is 4.80. The van der Waals surface area contributed by atoms with E-state index < -0.39 is 16.9 Å². The van der Waals surface area contributed by atoms with E-state index in [1.807, 2.05) is 6.55 Å². The fourth-order valence-electron chi connectivity index (χ4n) is 2.00. The highest BCUT2D eigenvalue weighted by atomic mass is 28.4. The fraction of sp³-hybridized carbons (Fsp3) is 0.571. The normalized spacial score (nSPS) is 15.1. The van der Waals surface area contributed by atoms with Crippen LogP contribution >= 0.6 is 0 Å². The maximum Gasteiger partial charge on any atom is 0.338 e. The summed E-state index contributed by atoms with van der Waals surface area (Å²) in [7, 11) is 1.03. The molecule has 0 fully saturated rings. The number of hydrogen-bond acceptors (Lipinski definition) is 4. The molecule has 1 aromatic carbocycles. The van der Waals surface area contributed by atoms with Crippen LogP contribution in [0, 0.1) is 0 Å². The van der Waals surface area contributed by atoms with Gasteiger partial charge in [0.2, 0.25) is 8.32 Å². The van der Waals surface area contributed by atoms with Gasteiger partial charge in [-0.05, 0) is 30.3 Å². The molecule has 1 rings (SSSR count). The van der Waals surface area contributed by atoms with Crippen molar-refractivity contribution in [3.8, 4) is 0 Å². The quantitative estimate of drug-likeness (QED) is 0.745. The predicted molar refractivity (Wildman–Crippen MR) is 85.2 cm³/mol. The summed E-state index contributed by atoms with van der Waals surface area (Å²) < 4.78 is 16.5. The smallest absolute Gasteiger partial charge is 0.338 e. The van der Waals surface area contributed by atoms with Crippen molar-refractivity contribution in [2.75, 3.05) is 27.6 Å². The van der Waals surface area contributed by atoms with Gasteiger partial charge < -0.3 is 18.4 Å². The SMILES string of the molecule is CO[Si](C)(CO)Cc1ccc(C[Si](C)(OC)OC)cc1. The summed E-state index contributed by atoms with van der Waals surface area (Å²) in [6.45, 7) is 4.10. The van der Waals surface area contributed by atoms with E-state index in [1.165, 1.54) is 11.1 Å². The lowest BCUT2D eigenvalue weighted by molar-refractivity contribution is 0.249. The van der Waals surface area contributed by atoms with Crippen molar-refractivity contribution in [3.05, 3.63) is 35.4 Å². The van der Waals surface area contributed by atoms with E-state index in [1.54, 1.807) is 21.3 Å². The first-order valence-corrected chi connectivity index (χ1v) is 12.1. The molecule has 0 aromatic heterocycles. The molecular weight excluding hydrogens is 288 g/mol. The van der Waals surface area contributed by atoms with Gasteiger partial charge in [-0.15, -0.1) is 0 Å². The molecule has 1 N–H and O–H groups in total. The second kappa shape index (κ2) is 7.49. The van der Waals surface area contributed by atoms with Gasteiger partial charge in [0.15, 0.2) is 0 Å². The molecule has 114 valence electrons. The highest BCUT2D eigenvalue weighted by molar-refractivity contribution is 6.71. The van der Waals surface area contributed by atoms with Crippen LogP contribution in [0.3, 0.4) is 0 Å². The Labute approximate surface area is 124 Å². The average Bonchev–Trinajstić information content (AvgIpc) is 2.49. The third-order valence-corrected chi connectivity index (χ3v) is 9.41. The number of hydrogen-bond donors (Lipinski definition) is 1. The van der Waals surface area contributed by atoms with E-state index in [0.717, 1.165) is 12.1 Å². The molecule has 20 heavy (non-hydrogen) atoms. The van der Waals surface area contributed by atoms with Crippen molar-refractivity contribution in [2.24, 2.45) is 0 Å². The summed E-state index contributed by atoms with van der Waals surface area (Å²) in [5.41, 5.74) is 2.42. The number of aliphatic hydroxyl groups excluding tert-OH is 1. The van der Waals surface area contributed by atoms with Crippen LogP contribution in [0.1, 0.15) is 11.1 Å². The molecule has 0 saturated heterocycles. The van der Waals surface area contributed by atoms with Crippen molar-refractivity contribution in [3.63, 3.8) is 0 Å². The lowest BCUT2D eigenvalue weighted by Crippen LogP contribution is -2.41. The molecule has 0 spiro atoms. The van der Waals surface area contributed by atoms with Crippen LogP contribution < -0.4 is 0 Å². The summed E-state index contributed by atoms with van der Waals surface area (Å²) in [6.07, 6.45) is 0.142. The van der Waals surface area contributed by atoms with Crippen molar-refractivity contribution in [1.29, 1.82) is 0 Å². The number of benzene rings is 1. The summed E-state index contributed by atoms with van der Waals surface area (Å²) in [6, 6.07) is 10.1. The molecule has 1 aromatic rings. The Balaban J connectivity index is 2.74. The zero-order valence-corrected chi connectivity index (χ0v) is 15.1. The van der Waals surface area contributed by atoms with Crippen LogP contribution in [0.15, 0.2) is 24.3 Å². The molecule has 0 saturated carbocycles. The second-order valence-corrected chi connectivity index (χ2v) is 12.9. The molecule has 0 bridgehead atoms. The van der Waals surface area contributed by atoms with Crippen LogP contribution in [0.5, 0.6) is 0 Å². The van der Waals surface area contributed by atoms with Gasteiger partial charge in [-0.2, -0.15) is 0 Å². The summed E-state index contributed by atoms with van der Waals surface area (Å²) in [5.74, 6) is 0. The van der Waals surface area contributed by atoms with Gasteiger partial charge in [0, 0.05) is 27.4 Å². The van der Waals surface area contributed by atoms with Gasteiger partial charge in [0.25, 0.3) is 0 Å². The molecule has 1 unspecified atom stereocenters. The summed E-state index contributed by atoms with van der Waals surface area (Å²) in [4.78, 5) is 0. The topological polar surface area (TPSA) is 47.9 Å². The molecule has 0 aliphatic rings. The van der Waals surface area contributed by atoms with E-state index in [4.69, 9.17) is 13.3 Å². The lowest BCUT2D eigenvalue weighted by atomic mass is 10.2. The zero-order chi connectivity index (χ0) is 15.2. The standard InChI is InChI=1S/C14H26O4Si2/c1-16-19(4,12-15)10-13-6-8-14(9-7-13)11-20(5,17-2)18-3/h6-9,15H,10-12H2,1-5H3. The molecule has 0 heterocycles. The molecule has 0 aliphatic heterocycles. The number of rotatable bonds is 8. The maximum absolute atomic E-state index is 9.43. The highest BCUT2D eigenvalue weighted by Crippen LogP contribution is 2.17. The monoisotopic (exact) mass is 314 g/mol. The number of aliphatic hydroxyl groups is 1. The van der Waals surface area contributed by atoms with Crippen molar-refractivity contribution in [1.82, 2.24) is 0 Å². The van der Waals surface area contributed by atoms with E-state index in [-0.39, 0.29) is 6.23 Å². The molecule has 0 radical (unpaired) electrons. The average molecular weight is 315 g/mol. The van der Waals surface area contributed by atoms with Crippen LogP contribution in [0.2, 0.25) is 13.1 Å². The second-order valence-electron chi connectivity index (χ2n) is 5.52. The first-order chi connectivity index (χ1) is 9.40. The van der Waals surface area contributed by atoms with Crippen LogP contribution in [0.4, 0.5) is 0 Å². The maximum atomic E-state index is 9.43. The first-order valence-electron chi connectivity index (χ1n) is 6.74. The highest BCUT2D eigenvalue weighted by Gasteiger charge is 2.29. The Morgan fingerprint density at radius 3 is 1.65 bits per heavy atom. The van der Waals surface area contributed by atoms with Crippen LogP contribution in [-0.4, -0.2) is 49.5 Å². The van der Waals surface area contributed by atoms with Gasteiger partial charge in [0.1, 0.15) is 0 Å². The molecule has 4 nitrogen and oxygen atoms in total. The van der Waals surface area contributed by atoms with E-state index >= 15 is 0 Å². The lowest BCUT2D eigenvalue weighted by Gasteiger charge is -2.24. The Morgan fingerprint density at radius 2 is 1.30 bits per heavy atom. The Kier molecular flexibility index (Phi) is 6.57. The molecule has 6 heteroatoms. The van der Waals surface area contributed by atoms with Crippen molar-refractivity contribution in [2.45, 2.75) is 25.2 Å². The Hall–Kier alpha value is -0.506. The Bertz CT molecular complexity index is 361. The van der Waals surface area contributed by atoms with E-state index in [2.05, 4.69) is 30.8 Å². The Morgan fingerprint density at radius 1 is 0.850 bits per heavy atom. The van der Waals surface area contributed by atoms with Gasteiger partial charge in [-0.25, -0.2) is 0 Å². The van der Waals surface area contributed by atoms with Gasteiger partial charge >= 0.3 is 8.56 Å². The summed E-state index contributed by atoms with van der Waals surface area (Å²) >= 11 is 0. The van der Waals surface area contributed by atoms with Crippen LogP contribution in [0.25, 0.3) is 0 Å². The zero-order valence-electron chi connectivity index (χ0n) is 13.1. The minimum atomic E-state index is -2.07. The van der Waals surface area contributed by atoms with Gasteiger partial charge in [-0.1, -0.05) is 24.3 Å². The van der Waals surface area contributed by atoms with Crippen molar-refractivity contribution >= 4 is 16.9 Å². The molecular formula is C14H26O4Si2. The minimum absolute atomic E-state index is 0.142. The third-order valence-electron chi connectivity index (χ3n) is 3.82. The van der Waals surface area contributed by atoms with E-state index in [9.17, 15) is 5.11 Å². The summed E-state index contributed by atoms with van der Waals surface area (Å²) in [5, 5.41) is 9.43. The molecule has 1 atom stereocenters. The largest absolute Gasteiger partial charge is 0.418 e. The van der Waals surface area contributed by atoms with Gasteiger partial charge in [-0.3, -0.25) is 0 Å². The van der Waals surface area contributed by atoms with Gasteiger partial charge in [0.05, 0.1) is 6.23 Å². The van der Waals surface area contributed by atoms with E-state index in [0.29, 0.717) is 0 Å². The minimum Gasteiger partial charge on any atom is -0.418 e. The fourth-order valence-corrected chi connectivity index (χ4v) is 4.92. The van der Waals surface area contributed by atoms with Crippen LogP contribution in [-0.2, 0) is 25.4 Å². The predicted octanol–water partition coefficient (Wildman–Crippen LogP) is 1.97. The molecule has 0 amide bonds. The van der Waals surface area contributed by atoms with Crippen molar-refractivity contribution < 1.29 is 18.4 Å². The first kappa shape index (κ1) is 17.5.